The fraction of sp³-hybridized carbons (Fsp3) is 0.480. The van der Waals surface area contributed by atoms with Crippen molar-refractivity contribution in [1.29, 1.82) is 0 Å². The van der Waals surface area contributed by atoms with Gasteiger partial charge in [-0.15, -0.1) is 0 Å². The molecule has 1 aliphatic carbocycles. The molecule has 6 nitrogen and oxygen atoms in total. The van der Waals surface area contributed by atoms with Crippen LogP contribution < -0.4 is 5.32 Å². The number of halogens is 3. The molecule has 0 amide bonds. The number of allylic oxidation sites excluding steroid dienone is 3. The lowest BCUT2D eigenvalue weighted by atomic mass is 9.69. The van der Waals surface area contributed by atoms with E-state index in [0.29, 0.717) is 29.8 Å². The molecule has 184 valence electrons. The van der Waals surface area contributed by atoms with Gasteiger partial charge in [-0.2, -0.15) is 13.2 Å². The van der Waals surface area contributed by atoms with Gasteiger partial charge in [-0.25, -0.2) is 4.79 Å². The number of ether oxygens (including phenoxy) is 2. The van der Waals surface area contributed by atoms with Gasteiger partial charge in [-0.1, -0.05) is 26.0 Å². The van der Waals surface area contributed by atoms with Crippen LogP contribution in [-0.4, -0.2) is 30.9 Å². The molecule has 0 saturated heterocycles. The number of carbonyl (C=O) groups excluding carboxylic acids is 3. The standard InChI is InChI=1S/C25H28F3NO5/c1-6-13(3)34-24(32)19-14(4)29-17-11-12(2)18(23(31)33-5)22(30)21(17)20(19)15-7-9-16(10-8-15)25(26,27)28/h7-10,12-13,18,20,29H,6,11H2,1-5H3/t12-,13-,18+,20+/m0/s1. The van der Waals surface area contributed by atoms with Crippen LogP contribution in [0.2, 0.25) is 0 Å². The van der Waals surface area contributed by atoms with E-state index < -0.39 is 47.4 Å². The van der Waals surface area contributed by atoms with Crippen LogP contribution in [-0.2, 0) is 30.0 Å². The second-order valence-corrected chi connectivity index (χ2v) is 8.78. The van der Waals surface area contributed by atoms with Gasteiger partial charge in [0, 0.05) is 22.9 Å². The van der Waals surface area contributed by atoms with Crippen LogP contribution in [0.4, 0.5) is 13.2 Å². The van der Waals surface area contributed by atoms with E-state index >= 15 is 0 Å². The van der Waals surface area contributed by atoms with E-state index in [2.05, 4.69) is 5.32 Å². The molecule has 34 heavy (non-hydrogen) atoms. The van der Waals surface area contributed by atoms with E-state index in [9.17, 15) is 27.6 Å². The molecule has 1 aromatic carbocycles. The first kappa shape index (κ1) is 25.5. The van der Waals surface area contributed by atoms with Crippen LogP contribution in [0.3, 0.4) is 0 Å². The Morgan fingerprint density at radius 2 is 1.82 bits per heavy atom. The highest BCUT2D eigenvalue weighted by molar-refractivity contribution is 6.12. The normalized spacial score (nSPS) is 23.8. The first-order valence-electron chi connectivity index (χ1n) is 11.1. The van der Waals surface area contributed by atoms with Crippen molar-refractivity contribution in [1.82, 2.24) is 5.32 Å². The molecule has 4 atom stereocenters. The van der Waals surface area contributed by atoms with Crippen LogP contribution >= 0.6 is 0 Å². The van der Waals surface area contributed by atoms with E-state index in [4.69, 9.17) is 9.47 Å². The van der Waals surface area contributed by atoms with Crippen molar-refractivity contribution in [2.75, 3.05) is 7.11 Å². The van der Waals surface area contributed by atoms with Gasteiger partial charge in [0.25, 0.3) is 0 Å². The molecular weight excluding hydrogens is 451 g/mol. The number of rotatable bonds is 5. The van der Waals surface area contributed by atoms with Crippen molar-refractivity contribution in [3.63, 3.8) is 0 Å². The monoisotopic (exact) mass is 479 g/mol. The molecule has 3 rings (SSSR count). The van der Waals surface area contributed by atoms with Gasteiger partial charge in [0.05, 0.1) is 24.4 Å². The minimum atomic E-state index is -4.53. The summed E-state index contributed by atoms with van der Waals surface area (Å²) in [7, 11) is 1.19. The second kappa shape index (κ2) is 9.64. The smallest absolute Gasteiger partial charge is 0.416 e. The average molecular weight is 479 g/mol. The van der Waals surface area contributed by atoms with Gasteiger partial charge >= 0.3 is 18.1 Å². The molecule has 9 heteroatoms. The van der Waals surface area contributed by atoms with E-state index in [1.54, 1.807) is 20.8 Å². The number of ketones is 1. The number of dihydropyridines is 1. The van der Waals surface area contributed by atoms with Crippen LogP contribution in [0.25, 0.3) is 0 Å². The molecule has 0 radical (unpaired) electrons. The van der Waals surface area contributed by atoms with Crippen molar-refractivity contribution in [3.05, 3.63) is 57.9 Å². The average Bonchev–Trinajstić information content (AvgIpc) is 2.77. The van der Waals surface area contributed by atoms with Gasteiger partial charge in [-0.3, -0.25) is 9.59 Å². The minimum Gasteiger partial charge on any atom is -0.468 e. The van der Waals surface area contributed by atoms with E-state index in [1.807, 2.05) is 6.92 Å². The fourth-order valence-electron chi connectivity index (χ4n) is 4.48. The number of esters is 2. The number of carbonyl (C=O) groups is 3. The number of benzene rings is 1. The van der Waals surface area contributed by atoms with Gasteiger partial charge < -0.3 is 14.8 Å². The number of nitrogens with one attached hydrogen (secondary N) is 1. The Balaban J connectivity index is 2.17. The molecule has 0 bridgehead atoms. The predicted molar refractivity (Wildman–Crippen MR) is 117 cm³/mol. The highest BCUT2D eigenvalue weighted by Crippen LogP contribution is 2.46. The summed E-state index contributed by atoms with van der Waals surface area (Å²) in [6, 6.07) is 4.34. The molecule has 1 aliphatic heterocycles. The maximum atomic E-state index is 13.6. The SMILES string of the molecule is CC[C@H](C)OC(=O)C1=C(C)NC2=C(C(=O)[C@H](C(=O)OC)[C@@H](C)C2)[C@@H]1c1ccc(C(F)(F)F)cc1. The molecule has 1 aromatic rings. The number of Topliss-reactive ketones (excluding diaryl/α,β-unsaturated/α-hetero) is 1. The molecule has 2 aliphatic rings. The molecule has 0 aromatic heterocycles. The summed E-state index contributed by atoms with van der Waals surface area (Å²) in [4.78, 5) is 39.2. The van der Waals surface area contributed by atoms with Gasteiger partial charge in [0.15, 0.2) is 5.78 Å². The van der Waals surface area contributed by atoms with Crippen LogP contribution in [0.1, 0.15) is 57.6 Å². The predicted octanol–water partition coefficient (Wildman–Crippen LogP) is 4.66. The summed E-state index contributed by atoms with van der Waals surface area (Å²) >= 11 is 0. The second-order valence-electron chi connectivity index (χ2n) is 8.78. The first-order valence-corrected chi connectivity index (χ1v) is 11.1. The molecular formula is C25H28F3NO5. The lowest BCUT2D eigenvalue weighted by Crippen LogP contribution is -2.43. The number of hydrogen-bond acceptors (Lipinski definition) is 6. The largest absolute Gasteiger partial charge is 0.468 e. The Labute approximate surface area is 196 Å². The van der Waals surface area contributed by atoms with Crippen molar-refractivity contribution >= 4 is 17.7 Å². The first-order chi connectivity index (χ1) is 15.9. The van der Waals surface area contributed by atoms with Crippen LogP contribution in [0, 0.1) is 11.8 Å². The summed E-state index contributed by atoms with van der Waals surface area (Å²) < 4.78 is 49.8. The van der Waals surface area contributed by atoms with Gasteiger partial charge in [0.2, 0.25) is 0 Å². The summed E-state index contributed by atoms with van der Waals surface area (Å²) in [5, 5.41) is 3.12. The quantitative estimate of drug-likeness (QED) is 0.489. The highest BCUT2D eigenvalue weighted by Gasteiger charge is 2.47. The lowest BCUT2D eigenvalue weighted by molar-refractivity contribution is -0.151. The third kappa shape index (κ3) is 4.74. The Bertz CT molecular complexity index is 1060. The topological polar surface area (TPSA) is 81.7 Å². The Kier molecular flexibility index (Phi) is 7.24. The molecule has 0 unspecified atom stereocenters. The van der Waals surface area contributed by atoms with Crippen molar-refractivity contribution < 1.29 is 37.0 Å². The third-order valence-corrected chi connectivity index (χ3v) is 6.42. The maximum absolute atomic E-state index is 13.6. The van der Waals surface area contributed by atoms with E-state index in [1.165, 1.54) is 19.2 Å². The molecule has 1 N–H and O–H groups in total. The summed E-state index contributed by atoms with van der Waals surface area (Å²) in [5.41, 5.74) is 0.776. The number of alkyl halides is 3. The summed E-state index contributed by atoms with van der Waals surface area (Å²) in [5.74, 6) is -4.29. The van der Waals surface area contributed by atoms with Gasteiger partial charge in [0.1, 0.15) is 5.92 Å². The Morgan fingerprint density at radius 3 is 2.35 bits per heavy atom. The van der Waals surface area contributed by atoms with E-state index in [-0.39, 0.29) is 17.1 Å². The Morgan fingerprint density at radius 1 is 1.21 bits per heavy atom. The number of methoxy groups -OCH3 is 1. The zero-order chi connectivity index (χ0) is 25.4. The molecule has 0 fully saturated rings. The summed E-state index contributed by atoms with van der Waals surface area (Å²) in [6.07, 6.45) is -4.04. The maximum Gasteiger partial charge on any atom is 0.416 e. The minimum absolute atomic E-state index is 0.130. The highest BCUT2D eigenvalue weighted by atomic mass is 19.4. The fourth-order valence-corrected chi connectivity index (χ4v) is 4.48. The summed E-state index contributed by atoms with van der Waals surface area (Å²) in [6.45, 7) is 6.99. The Hall–Kier alpha value is -3.10. The van der Waals surface area contributed by atoms with Gasteiger partial charge in [-0.05, 0) is 50.3 Å². The van der Waals surface area contributed by atoms with Crippen LogP contribution in [0.15, 0.2) is 46.8 Å². The van der Waals surface area contributed by atoms with Crippen molar-refractivity contribution in [2.24, 2.45) is 11.8 Å². The molecule has 0 spiro atoms. The van der Waals surface area contributed by atoms with Crippen LogP contribution in [0.5, 0.6) is 0 Å². The number of hydrogen-bond donors (Lipinski definition) is 1. The van der Waals surface area contributed by atoms with Crippen molar-refractivity contribution in [2.45, 2.75) is 58.7 Å². The molecule has 1 heterocycles. The zero-order valence-corrected chi connectivity index (χ0v) is 19.7. The zero-order valence-electron chi connectivity index (χ0n) is 19.7. The third-order valence-electron chi connectivity index (χ3n) is 6.42. The molecule has 0 saturated carbocycles. The van der Waals surface area contributed by atoms with Crippen molar-refractivity contribution in [3.8, 4) is 0 Å². The van der Waals surface area contributed by atoms with E-state index in [0.717, 1.165) is 12.1 Å². The lowest BCUT2D eigenvalue weighted by Gasteiger charge is -2.38.